The summed E-state index contributed by atoms with van der Waals surface area (Å²) in [5.74, 6) is 1.09. The number of hydrogen-bond donors (Lipinski definition) is 0. The van der Waals surface area contributed by atoms with E-state index < -0.39 is 0 Å². The molecule has 4 nitrogen and oxygen atoms in total. The van der Waals surface area contributed by atoms with E-state index in [4.69, 9.17) is 4.74 Å². The van der Waals surface area contributed by atoms with Crippen molar-refractivity contribution in [3.05, 3.63) is 105 Å². The SMILES string of the molecule is Cc1c2c(n(C)c(=O)c1C#N)OC(c1ccccc1)=CC2c1ccccc1. The van der Waals surface area contributed by atoms with Crippen molar-refractivity contribution in [2.75, 3.05) is 0 Å². The molecule has 1 aliphatic heterocycles. The maximum atomic E-state index is 12.6. The van der Waals surface area contributed by atoms with Gasteiger partial charge in [0, 0.05) is 24.1 Å². The number of benzene rings is 2. The van der Waals surface area contributed by atoms with Gasteiger partial charge in [-0.25, -0.2) is 0 Å². The minimum atomic E-state index is -0.338. The average Bonchev–Trinajstić information content (AvgIpc) is 2.73. The second kappa shape index (κ2) is 6.62. The van der Waals surface area contributed by atoms with Crippen molar-refractivity contribution < 1.29 is 4.74 Å². The lowest BCUT2D eigenvalue weighted by atomic mass is 9.85. The largest absolute Gasteiger partial charge is 0.440 e. The van der Waals surface area contributed by atoms with E-state index in [9.17, 15) is 10.1 Å². The number of ether oxygens (including phenoxy) is 1. The zero-order valence-electron chi connectivity index (χ0n) is 15.1. The van der Waals surface area contributed by atoms with Crippen LogP contribution in [0, 0.1) is 18.3 Å². The molecule has 1 aliphatic rings. The minimum Gasteiger partial charge on any atom is -0.440 e. The number of rotatable bonds is 2. The van der Waals surface area contributed by atoms with Crippen molar-refractivity contribution >= 4 is 5.76 Å². The minimum absolute atomic E-state index is 0.107. The van der Waals surface area contributed by atoms with E-state index >= 15 is 0 Å². The van der Waals surface area contributed by atoms with Crippen LogP contribution in [0.15, 0.2) is 71.5 Å². The number of nitriles is 1. The smallest absolute Gasteiger partial charge is 0.271 e. The Hall–Kier alpha value is -3.58. The summed E-state index contributed by atoms with van der Waals surface area (Å²) in [7, 11) is 1.65. The first-order valence-corrected chi connectivity index (χ1v) is 8.75. The number of fused-ring (bicyclic) bond motifs is 1. The van der Waals surface area contributed by atoms with E-state index in [1.54, 1.807) is 7.05 Å². The van der Waals surface area contributed by atoms with Crippen LogP contribution in [0.5, 0.6) is 5.88 Å². The predicted octanol–water partition coefficient (Wildman–Crippen LogP) is 4.13. The summed E-state index contributed by atoms with van der Waals surface area (Å²) in [6.45, 7) is 1.82. The molecular formula is C23H18N2O2. The third-order valence-electron chi connectivity index (χ3n) is 5.00. The van der Waals surface area contributed by atoms with Crippen molar-refractivity contribution in [2.45, 2.75) is 12.8 Å². The first kappa shape index (κ1) is 16.9. The number of aromatic nitrogens is 1. The normalized spacial score (nSPS) is 15.3. The Morgan fingerprint density at radius 1 is 1.04 bits per heavy atom. The lowest BCUT2D eigenvalue weighted by Gasteiger charge is -2.28. The van der Waals surface area contributed by atoms with Crippen LogP contribution in [0.4, 0.5) is 0 Å². The zero-order valence-corrected chi connectivity index (χ0v) is 15.1. The van der Waals surface area contributed by atoms with Gasteiger partial charge in [0.1, 0.15) is 17.4 Å². The second-order valence-electron chi connectivity index (χ2n) is 6.58. The molecule has 0 saturated heterocycles. The number of allylic oxidation sites excluding steroid dienone is 1. The molecule has 1 aromatic heterocycles. The topological polar surface area (TPSA) is 55.0 Å². The maximum Gasteiger partial charge on any atom is 0.271 e. The monoisotopic (exact) mass is 354 g/mol. The lowest BCUT2D eigenvalue weighted by Crippen LogP contribution is -2.27. The summed E-state index contributed by atoms with van der Waals surface area (Å²) in [5, 5.41) is 9.49. The van der Waals surface area contributed by atoms with Gasteiger partial charge in [-0.15, -0.1) is 0 Å². The lowest BCUT2D eigenvalue weighted by molar-refractivity contribution is 0.439. The van der Waals surface area contributed by atoms with Crippen molar-refractivity contribution in [1.82, 2.24) is 4.57 Å². The van der Waals surface area contributed by atoms with E-state index in [0.717, 1.165) is 16.7 Å². The van der Waals surface area contributed by atoms with Gasteiger partial charge in [0.05, 0.1) is 0 Å². The molecule has 2 aromatic carbocycles. The predicted molar refractivity (Wildman–Crippen MR) is 104 cm³/mol. The second-order valence-corrected chi connectivity index (χ2v) is 6.58. The molecule has 1 unspecified atom stereocenters. The van der Waals surface area contributed by atoms with Gasteiger partial charge in [-0.3, -0.25) is 9.36 Å². The number of hydrogen-bond acceptors (Lipinski definition) is 3. The molecule has 27 heavy (non-hydrogen) atoms. The number of pyridine rings is 1. The molecule has 132 valence electrons. The standard InChI is InChI=1S/C23H18N2O2/c1-15-19(14-24)22(26)25(2)23-21(15)18(16-9-5-3-6-10-16)13-20(27-23)17-11-7-4-8-12-17/h3-13,18H,1-2H3. The highest BCUT2D eigenvalue weighted by Crippen LogP contribution is 2.42. The van der Waals surface area contributed by atoms with E-state index in [-0.39, 0.29) is 17.0 Å². The summed E-state index contributed by atoms with van der Waals surface area (Å²) in [5.41, 5.74) is 3.39. The molecular weight excluding hydrogens is 336 g/mol. The first-order chi connectivity index (χ1) is 13.1. The molecule has 0 fully saturated rings. The van der Waals surface area contributed by atoms with Crippen LogP contribution < -0.4 is 10.3 Å². The Morgan fingerprint density at radius 3 is 2.30 bits per heavy atom. The van der Waals surface area contributed by atoms with Crippen molar-refractivity contribution in [1.29, 1.82) is 5.26 Å². The Morgan fingerprint density at radius 2 is 1.67 bits per heavy atom. The van der Waals surface area contributed by atoms with Crippen molar-refractivity contribution in [2.24, 2.45) is 7.05 Å². The first-order valence-electron chi connectivity index (χ1n) is 8.75. The van der Waals surface area contributed by atoms with Crippen LogP contribution >= 0.6 is 0 Å². The van der Waals surface area contributed by atoms with Crippen LogP contribution in [-0.2, 0) is 7.05 Å². The third-order valence-corrected chi connectivity index (χ3v) is 5.00. The quantitative estimate of drug-likeness (QED) is 0.695. The molecule has 0 N–H and O–H groups in total. The highest BCUT2D eigenvalue weighted by molar-refractivity contribution is 5.69. The van der Waals surface area contributed by atoms with Gasteiger partial charge in [0.25, 0.3) is 5.56 Å². The highest BCUT2D eigenvalue weighted by atomic mass is 16.5. The average molecular weight is 354 g/mol. The van der Waals surface area contributed by atoms with E-state index in [0.29, 0.717) is 17.2 Å². The molecule has 0 aliphatic carbocycles. The van der Waals surface area contributed by atoms with Crippen molar-refractivity contribution in [3.8, 4) is 11.9 Å². The fourth-order valence-corrected chi connectivity index (χ4v) is 3.57. The van der Waals surface area contributed by atoms with E-state index in [1.807, 2.05) is 55.5 Å². The summed E-state index contributed by atoms with van der Waals surface area (Å²) >= 11 is 0. The molecule has 0 amide bonds. The maximum absolute atomic E-state index is 12.6. The highest BCUT2D eigenvalue weighted by Gasteiger charge is 2.30. The Labute approximate surface area is 157 Å². The van der Waals surface area contributed by atoms with Crippen LogP contribution in [0.25, 0.3) is 5.76 Å². The molecule has 1 atom stereocenters. The molecule has 3 aromatic rings. The fourth-order valence-electron chi connectivity index (χ4n) is 3.57. The van der Waals surface area contributed by atoms with Gasteiger partial charge in [-0.05, 0) is 24.1 Å². The molecule has 0 bridgehead atoms. The van der Waals surface area contributed by atoms with E-state index in [1.165, 1.54) is 4.57 Å². The van der Waals surface area contributed by atoms with Gasteiger partial charge in [-0.2, -0.15) is 5.26 Å². The summed E-state index contributed by atoms with van der Waals surface area (Å²) in [4.78, 5) is 12.6. The van der Waals surface area contributed by atoms with Crippen LogP contribution in [-0.4, -0.2) is 4.57 Å². The summed E-state index contributed by atoms with van der Waals surface area (Å²) in [6.07, 6.45) is 2.06. The van der Waals surface area contributed by atoms with Gasteiger partial charge >= 0.3 is 0 Å². The Balaban J connectivity index is 2.02. The number of nitrogens with zero attached hydrogens (tertiary/aromatic N) is 2. The van der Waals surface area contributed by atoms with Gasteiger partial charge < -0.3 is 4.74 Å². The molecule has 4 rings (SSSR count). The van der Waals surface area contributed by atoms with Crippen molar-refractivity contribution in [3.63, 3.8) is 0 Å². The third kappa shape index (κ3) is 2.74. The van der Waals surface area contributed by atoms with Crippen LogP contribution in [0.1, 0.15) is 33.7 Å². The zero-order chi connectivity index (χ0) is 19.0. The molecule has 0 saturated carbocycles. The Bertz CT molecular complexity index is 1140. The summed E-state index contributed by atoms with van der Waals surface area (Å²) < 4.78 is 7.61. The van der Waals surface area contributed by atoms with Crippen LogP contribution in [0.2, 0.25) is 0 Å². The molecule has 0 spiro atoms. The molecule has 2 heterocycles. The fraction of sp³-hybridized carbons (Fsp3) is 0.130. The van der Waals surface area contributed by atoms with Gasteiger partial charge in [0.2, 0.25) is 5.88 Å². The Kier molecular flexibility index (Phi) is 4.13. The van der Waals surface area contributed by atoms with Crippen LogP contribution in [0.3, 0.4) is 0 Å². The molecule has 4 heteroatoms. The molecule has 0 radical (unpaired) electrons. The van der Waals surface area contributed by atoms with E-state index in [2.05, 4.69) is 24.3 Å². The van der Waals surface area contributed by atoms with Gasteiger partial charge in [0.15, 0.2) is 0 Å². The summed E-state index contributed by atoms with van der Waals surface area (Å²) in [6, 6.07) is 21.9. The van der Waals surface area contributed by atoms with Gasteiger partial charge in [-0.1, -0.05) is 60.7 Å².